The third-order valence-corrected chi connectivity index (χ3v) is 9.94. The molecule has 3 fully saturated rings. The number of nitrogens with zero attached hydrogens (tertiary/aromatic N) is 3. The first-order valence-electron chi connectivity index (χ1n) is 14.7. The molecule has 1 N–H and O–H groups in total. The number of anilines is 2. The highest BCUT2D eigenvalue weighted by atomic mass is 16.4. The maximum absolute atomic E-state index is 15.1. The molecule has 0 aliphatic carbocycles. The maximum Gasteiger partial charge on any atom is 0.431 e. The van der Waals surface area contributed by atoms with Gasteiger partial charge in [0, 0.05) is 6.42 Å². The quantitative estimate of drug-likeness (QED) is 0.233. The fourth-order valence-electron chi connectivity index (χ4n) is 8.15. The van der Waals surface area contributed by atoms with Gasteiger partial charge in [0.1, 0.15) is 6.04 Å². The standard InChI is InChI=1S/C36H29N3O4/c40-33(31(26-13-3-1-4-14-26)27-15-5-2-6-16-27)38-30-21-22-36(38)23-39(36,32(30)34(41)42)35(43)37-28-17-9-7-11-24(28)19-20-25-12-8-10-18-29(25)37/h1-20,30-32H,21-23H2/p+1/t30-,32+,36?,39?/m0/s1. The molecule has 0 aromatic heterocycles. The van der Waals surface area contributed by atoms with Gasteiger partial charge < -0.3 is 5.11 Å². The van der Waals surface area contributed by atoms with Gasteiger partial charge in [-0.1, -0.05) is 109 Å². The highest BCUT2D eigenvalue weighted by molar-refractivity contribution is 6.05. The number of carbonyl (C=O) groups is 3. The summed E-state index contributed by atoms with van der Waals surface area (Å²) in [6.45, 7) is 0.287. The third kappa shape index (κ3) is 3.42. The molecule has 4 heterocycles. The Morgan fingerprint density at radius 3 is 1.79 bits per heavy atom. The van der Waals surface area contributed by atoms with Crippen molar-refractivity contribution in [1.82, 2.24) is 4.90 Å². The second-order valence-corrected chi connectivity index (χ2v) is 11.9. The number of rotatable bonds is 4. The Morgan fingerprint density at radius 2 is 1.26 bits per heavy atom. The zero-order valence-electron chi connectivity index (χ0n) is 23.4. The number of amides is 3. The number of fused-ring (bicyclic) bond motifs is 3. The minimum absolute atomic E-state index is 0.144. The van der Waals surface area contributed by atoms with Crippen molar-refractivity contribution in [2.24, 2.45) is 0 Å². The van der Waals surface area contributed by atoms with E-state index >= 15 is 4.79 Å². The van der Waals surface area contributed by atoms with Crippen molar-refractivity contribution in [1.29, 1.82) is 0 Å². The molecule has 4 atom stereocenters. The number of carbonyl (C=O) groups excluding carboxylic acids is 2. The fraction of sp³-hybridized carbons (Fsp3) is 0.194. The van der Waals surface area contributed by atoms with Crippen LogP contribution in [-0.2, 0) is 9.59 Å². The zero-order chi connectivity index (χ0) is 29.3. The molecular weight excluding hydrogens is 538 g/mol. The summed E-state index contributed by atoms with van der Waals surface area (Å²) in [6.07, 6.45) is 5.13. The average Bonchev–Trinajstić information content (AvgIpc) is 3.57. The van der Waals surface area contributed by atoms with Crippen molar-refractivity contribution in [3.05, 3.63) is 131 Å². The largest absolute Gasteiger partial charge is 0.477 e. The molecule has 212 valence electrons. The van der Waals surface area contributed by atoms with Crippen molar-refractivity contribution in [2.45, 2.75) is 36.5 Å². The topological polar surface area (TPSA) is 77.9 Å². The monoisotopic (exact) mass is 568 g/mol. The summed E-state index contributed by atoms with van der Waals surface area (Å²) >= 11 is 0. The first kappa shape index (κ1) is 25.7. The van der Waals surface area contributed by atoms with Crippen LogP contribution in [0.1, 0.15) is 41.0 Å². The van der Waals surface area contributed by atoms with Gasteiger partial charge in [-0.2, -0.15) is 4.48 Å². The number of carboxylic acids is 1. The van der Waals surface area contributed by atoms with Crippen LogP contribution in [0.15, 0.2) is 109 Å². The highest BCUT2D eigenvalue weighted by Gasteiger charge is 2.92. The number of piperazine rings is 1. The molecule has 4 aliphatic rings. The van der Waals surface area contributed by atoms with Gasteiger partial charge in [0.25, 0.3) is 0 Å². The van der Waals surface area contributed by atoms with Crippen LogP contribution in [0.3, 0.4) is 0 Å². The molecule has 2 unspecified atom stereocenters. The van der Waals surface area contributed by atoms with E-state index in [1.165, 1.54) is 0 Å². The van der Waals surface area contributed by atoms with E-state index < -0.39 is 29.6 Å². The predicted molar refractivity (Wildman–Crippen MR) is 163 cm³/mol. The van der Waals surface area contributed by atoms with E-state index in [1.807, 2.05) is 126 Å². The maximum atomic E-state index is 15.1. The summed E-state index contributed by atoms with van der Waals surface area (Å²) in [6, 6.07) is 32.7. The zero-order valence-corrected chi connectivity index (χ0v) is 23.4. The number of aliphatic carboxylic acids is 1. The summed E-state index contributed by atoms with van der Waals surface area (Å²) in [5, 5.41) is 10.7. The minimum atomic E-state index is -1.05. The summed E-state index contributed by atoms with van der Waals surface area (Å²) in [5.41, 5.74) is 3.96. The Kier molecular flexibility index (Phi) is 5.52. The van der Waals surface area contributed by atoms with Gasteiger partial charge in [0.05, 0.1) is 17.3 Å². The first-order valence-corrected chi connectivity index (χ1v) is 14.7. The minimum Gasteiger partial charge on any atom is -0.477 e. The lowest BCUT2D eigenvalue weighted by atomic mass is 9.89. The van der Waals surface area contributed by atoms with Crippen molar-refractivity contribution in [2.75, 3.05) is 11.4 Å². The molecule has 43 heavy (non-hydrogen) atoms. The summed E-state index contributed by atoms with van der Waals surface area (Å²) in [4.78, 5) is 46.5. The van der Waals surface area contributed by atoms with Gasteiger partial charge in [-0.3, -0.25) is 9.69 Å². The molecule has 3 saturated heterocycles. The smallest absolute Gasteiger partial charge is 0.431 e. The van der Waals surface area contributed by atoms with Crippen LogP contribution >= 0.6 is 0 Å². The average molecular weight is 569 g/mol. The molecule has 3 amide bonds. The number of hydrogen-bond acceptors (Lipinski definition) is 3. The fourth-order valence-corrected chi connectivity index (χ4v) is 8.15. The van der Waals surface area contributed by atoms with Gasteiger partial charge in [-0.15, -0.1) is 0 Å². The number of benzene rings is 4. The second kappa shape index (κ2) is 9.24. The van der Waals surface area contributed by atoms with Gasteiger partial charge in [-0.25, -0.2) is 14.5 Å². The second-order valence-electron chi connectivity index (χ2n) is 11.9. The highest BCUT2D eigenvalue weighted by Crippen LogP contribution is 2.66. The Bertz CT molecular complexity index is 1730. The van der Waals surface area contributed by atoms with Gasteiger partial charge in [0.15, 0.2) is 6.54 Å². The molecule has 1 spiro atoms. The van der Waals surface area contributed by atoms with Crippen LogP contribution in [-0.4, -0.2) is 56.7 Å². The number of piperidine rings is 1. The number of carboxylic acid groups (broad SMARTS) is 1. The van der Waals surface area contributed by atoms with Crippen molar-refractivity contribution >= 4 is 41.4 Å². The van der Waals surface area contributed by atoms with Crippen LogP contribution < -0.4 is 4.90 Å². The molecule has 4 aromatic rings. The molecule has 0 saturated carbocycles. The normalized spacial score (nSPS) is 26.0. The van der Waals surface area contributed by atoms with Gasteiger partial charge >= 0.3 is 12.0 Å². The van der Waals surface area contributed by atoms with E-state index in [0.717, 1.165) is 22.3 Å². The summed E-state index contributed by atoms with van der Waals surface area (Å²) in [7, 11) is 0. The number of para-hydroxylation sites is 2. The van der Waals surface area contributed by atoms with Crippen LogP contribution in [0.25, 0.3) is 12.2 Å². The van der Waals surface area contributed by atoms with Crippen molar-refractivity contribution in [3.63, 3.8) is 0 Å². The molecular formula is C36H30N3O4+. The van der Waals surface area contributed by atoms with Gasteiger partial charge in [-0.05, 0) is 40.8 Å². The van der Waals surface area contributed by atoms with Crippen molar-refractivity contribution < 1.29 is 24.0 Å². The van der Waals surface area contributed by atoms with E-state index in [-0.39, 0.29) is 23.0 Å². The molecule has 0 radical (unpaired) electrons. The third-order valence-electron chi connectivity index (χ3n) is 9.94. The lowest BCUT2D eigenvalue weighted by molar-refractivity contribution is -0.758. The van der Waals surface area contributed by atoms with E-state index in [4.69, 9.17) is 0 Å². The number of urea groups is 1. The molecule has 4 aliphatic heterocycles. The van der Waals surface area contributed by atoms with Crippen LogP contribution in [0.5, 0.6) is 0 Å². The van der Waals surface area contributed by atoms with Crippen LogP contribution in [0.2, 0.25) is 0 Å². The van der Waals surface area contributed by atoms with Gasteiger partial charge in [0.2, 0.25) is 17.6 Å². The Balaban J connectivity index is 1.26. The molecule has 7 heteroatoms. The van der Waals surface area contributed by atoms with E-state index in [2.05, 4.69) is 0 Å². The molecule has 2 bridgehead atoms. The first-order chi connectivity index (χ1) is 21.0. The number of hydrogen-bond donors (Lipinski definition) is 1. The van der Waals surface area contributed by atoms with E-state index in [9.17, 15) is 14.7 Å². The van der Waals surface area contributed by atoms with Crippen LogP contribution in [0, 0.1) is 0 Å². The predicted octanol–water partition coefficient (Wildman–Crippen LogP) is 6.25. The van der Waals surface area contributed by atoms with E-state index in [0.29, 0.717) is 24.2 Å². The van der Waals surface area contributed by atoms with E-state index in [1.54, 1.807) is 4.90 Å². The van der Waals surface area contributed by atoms with Crippen LogP contribution in [0.4, 0.5) is 16.2 Å². The molecule has 7 nitrogen and oxygen atoms in total. The Labute approximate surface area is 249 Å². The Hall–Kier alpha value is -5.01. The lowest BCUT2D eigenvalue weighted by Crippen LogP contribution is -2.57. The summed E-state index contributed by atoms with van der Waals surface area (Å²) < 4.78 is -0.280. The SMILES string of the molecule is O=C(O)[C@H]1[C@@H]2CCC3(C[N+]13C(=O)N1c3ccccc3C=Cc3ccccc31)N2C(=O)C(c1ccccc1)c1ccccc1. The van der Waals surface area contributed by atoms with Crippen molar-refractivity contribution in [3.8, 4) is 0 Å². The Morgan fingerprint density at radius 1 is 0.744 bits per heavy atom. The number of quaternary nitrogens is 1. The molecule has 4 aromatic carbocycles. The lowest BCUT2D eigenvalue weighted by Gasteiger charge is -2.32. The summed E-state index contributed by atoms with van der Waals surface area (Å²) in [5.74, 6) is -1.79. The molecule has 8 rings (SSSR count).